The Morgan fingerprint density at radius 1 is 1.50 bits per heavy atom. The van der Waals surface area contributed by atoms with E-state index in [1.165, 1.54) is 0 Å². The lowest BCUT2D eigenvalue weighted by atomic mass is 10.1. The zero-order chi connectivity index (χ0) is 13.3. The van der Waals surface area contributed by atoms with Crippen LogP contribution in [-0.4, -0.2) is 40.6 Å². The van der Waals surface area contributed by atoms with Crippen LogP contribution in [0, 0.1) is 5.92 Å². The van der Waals surface area contributed by atoms with Gasteiger partial charge in [0.2, 0.25) is 5.91 Å². The van der Waals surface area contributed by atoms with E-state index in [0.29, 0.717) is 17.9 Å². The molecule has 1 saturated carbocycles. The molecule has 18 heavy (non-hydrogen) atoms. The zero-order valence-electron chi connectivity index (χ0n) is 12.0. The van der Waals surface area contributed by atoms with Crippen molar-refractivity contribution in [2.45, 2.75) is 64.2 Å². The molecule has 1 saturated heterocycles. The van der Waals surface area contributed by atoms with Gasteiger partial charge in [-0.15, -0.1) is 0 Å². The van der Waals surface area contributed by atoms with E-state index in [2.05, 4.69) is 37.2 Å². The van der Waals surface area contributed by atoms with Crippen molar-refractivity contribution >= 4 is 17.7 Å². The van der Waals surface area contributed by atoms with Gasteiger partial charge in [0.1, 0.15) is 0 Å². The predicted octanol–water partition coefficient (Wildman–Crippen LogP) is 2.46. The van der Waals surface area contributed by atoms with Gasteiger partial charge in [-0.3, -0.25) is 10.1 Å². The van der Waals surface area contributed by atoms with Crippen molar-refractivity contribution in [1.82, 2.24) is 10.2 Å². The molecule has 1 aliphatic heterocycles. The van der Waals surface area contributed by atoms with Crippen molar-refractivity contribution in [3.8, 4) is 0 Å². The van der Waals surface area contributed by atoms with Gasteiger partial charge in [0.25, 0.3) is 0 Å². The molecule has 3 nitrogen and oxygen atoms in total. The minimum Gasteiger partial charge on any atom is -0.322 e. The fraction of sp³-hybridized carbons (Fsp3) is 0.929. The first-order chi connectivity index (χ1) is 8.54. The molecule has 0 aromatic heterocycles. The highest BCUT2D eigenvalue weighted by molar-refractivity contribution is 7.98. The normalized spacial score (nSPS) is 27.3. The number of thioether (sulfide) groups is 1. The Morgan fingerprint density at radius 2 is 2.17 bits per heavy atom. The average Bonchev–Trinajstić information content (AvgIpc) is 3.02. The summed E-state index contributed by atoms with van der Waals surface area (Å²) in [6.45, 7) is 6.66. The monoisotopic (exact) mass is 270 g/mol. The third kappa shape index (κ3) is 2.55. The molecule has 1 spiro atoms. The molecule has 1 heterocycles. The Labute approximate surface area is 115 Å². The molecular formula is C14H26N2OS. The van der Waals surface area contributed by atoms with Gasteiger partial charge in [-0.1, -0.05) is 20.8 Å². The minimum absolute atomic E-state index is 0.161. The van der Waals surface area contributed by atoms with E-state index in [-0.39, 0.29) is 11.7 Å². The van der Waals surface area contributed by atoms with E-state index >= 15 is 0 Å². The summed E-state index contributed by atoms with van der Waals surface area (Å²) >= 11 is 1.84. The van der Waals surface area contributed by atoms with Crippen LogP contribution in [0.5, 0.6) is 0 Å². The molecule has 104 valence electrons. The van der Waals surface area contributed by atoms with E-state index in [1.807, 2.05) is 11.8 Å². The van der Waals surface area contributed by atoms with E-state index in [4.69, 9.17) is 0 Å². The predicted molar refractivity (Wildman–Crippen MR) is 77.7 cm³/mol. The van der Waals surface area contributed by atoms with Crippen molar-refractivity contribution in [3.05, 3.63) is 0 Å². The van der Waals surface area contributed by atoms with Gasteiger partial charge in [0, 0.05) is 11.8 Å². The second-order valence-electron chi connectivity index (χ2n) is 6.10. The Balaban J connectivity index is 2.14. The van der Waals surface area contributed by atoms with Crippen LogP contribution < -0.4 is 5.32 Å². The Bertz CT molecular complexity index is 315. The molecule has 2 rings (SSSR count). The van der Waals surface area contributed by atoms with Gasteiger partial charge in [-0.05, 0) is 37.9 Å². The van der Waals surface area contributed by atoms with Gasteiger partial charge in [-0.2, -0.15) is 11.8 Å². The van der Waals surface area contributed by atoms with Crippen LogP contribution in [0.4, 0.5) is 0 Å². The molecule has 2 aliphatic rings. The first-order valence-corrected chi connectivity index (χ1v) is 8.53. The highest BCUT2D eigenvalue weighted by Crippen LogP contribution is 2.44. The van der Waals surface area contributed by atoms with Gasteiger partial charge < -0.3 is 4.90 Å². The molecule has 2 atom stereocenters. The average molecular weight is 270 g/mol. The Kier molecular flexibility index (Phi) is 4.27. The van der Waals surface area contributed by atoms with Crippen LogP contribution in [0.15, 0.2) is 0 Å². The lowest BCUT2D eigenvalue weighted by Gasteiger charge is -2.32. The number of amides is 1. The topological polar surface area (TPSA) is 32.3 Å². The minimum atomic E-state index is -0.161. The standard InChI is InChI=1S/C14H26N2OS/c1-5-11(9-18-4)16-12(8-10(2)3)15-14(6-7-14)13(16)17/h10-12,15H,5-9H2,1-4H3. The highest BCUT2D eigenvalue weighted by Gasteiger charge is 2.59. The number of nitrogens with zero attached hydrogens (tertiary/aromatic N) is 1. The quantitative estimate of drug-likeness (QED) is 0.805. The summed E-state index contributed by atoms with van der Waals surface area (Å²) in [6.07, 6.45) is 6.58. The summed E-state index contributed by atoms with van der Waals surface area (Å²) in [6, 6.07) is 0.392. The lowest BCUT2D eigenvalue weighted by Crippen LogP contribution is -2.46. The van der Waals surface area contributed by atoms with Crippen molar-refractivity contribution in [2.24, 2.45) is 5.92 Å². The second-order valence-corrected chi connectivity index (χ2v) is 7.01. The van der Waals surface area contributed by atoms with Gasteiger partial charge >= 0.3 is 0 Å². The number of rotatable bonds is 6. The maximum absolute atomic E-state index is 12.6. The third-order valence-corrected chi connectivity index (χ3v) is 4.81. The van der Waals surface area contributed by atoms with Gasteiger partial charge in [0.05, 0.1) is 11.7 Å². The summed E-state index contributed by atoms with van der Waals surface area (Å²) in [5.41, 5.74) is -0.161. The van der Waals surface area contributed by atoms with Gasteiger partial charge in [0.15, 0.2) is 0 Å². The van der Waals surface area contributed by atoms with Gasteiger partial charge in [-0.25, -0.2) is 0 Å². The summed E-state index contributed by atoms with van der Waals surface area (Å²) in [7, 11) is 0. The number of hydrogen-bond donors (Lipinski definition) is 1. The summed E-state index contributed by atoms with van der Waals surface area (Å²) in [5.74, 6) is 2.04. The van der Waals surface area contributed by atoms with E-state index in [0.717, 1.165) is 31.4 Å². The van der Waals surface area contributed by atoms with Crippen LogP contribution in [0.25, 0.3) is 0 Å². The molecule has 0 radical (unpaired) electrons. The molecular weight excluding hydrogens is 244 g/mol. The fourth-order valence-electron chi connectivity index (χ4n) is 2.95. The van der Waals surface area contributed by atoms with E-state index in [1.54, 1.807) is 0 Å². The molecule has 2 fully saturated rings. The maximum Gasteiger partial charge on any atom is 0.244 e. The lowest BCUT2D eigenvalue weighted by molar-refractivity contribution is -0.132. The van der Waals surface area contributed by atoms with Crippen LogP contribution in [-0.2, 0) is 4.79 Å². The molecule has 2 unspecified atom stereocenters. The molecule has 1 N–H and O–H groups in total. The SMILES string of the molecule is CCC(CSC)N1C(=O)C2(CC2)NC1CC(C)C. The molecule has 0 aromatic carbocycles. The summed E-state index contributed by atoms with van der Waals surface area (Å²) in [4.78, 5) is 14.8. The van der Waals surface area contributed by atoms with Crippen LogP contribution in [0.1, 0.15) is 46.5 Å². The second kappa shape index (κ2) is 5.41. The fourth-order valence-corrected chi connectivity index (χ4v) is 3.73. The molecule has 1 aliphatic carbocycles. The number of carbonyl (C=O) groups excluding carboxylic acids is 1. The number of carbonyl (C=O) groups is 1. The largest absolute Gasteiger partial charge is 0.322 e. The van der Waals surface area contributed by atoms with Crippen molar-refractivity contribution in [3.63, 3.8) is 0 Å². The first kappa shape index (κ1) is 14.2. The first-order valence-electron chi connectivity index (χ1n) is 7.13. The molecule has 1 amide bonds. The third-order valence-electron chi connectivity index (χ3n) is 4.09. The summed E-state index contributed by atoms with van der Waals surface area (Å²) in [5, 5.41) is 3.61. The highest BCUT2D eigenvalue weighted by atomic mass is 32.2. The maximum atomic E-state index is 12.6. The van der Waals surface area contributed by atoms with Crippen molar-refractivity contribution in [1.29, 1.82) is 0 Å². The van der Waals surface area contributed by atoms with E-state index in [9.17, 15) is 4.79 Å². The molecule has 0 aromatic rings. The Hall–Kier alpha value is -0.220. The van der Waals surface area contributed by atoms with Crippen molar-refractivity contribution < 1.29 is 4.79 Å². The van der Waals surface area contributed by atoms with Crippen molar-refractivity contribution in [2.75, 3.05) is 12.0 Å². The smallest absolute Gasteiger partial charge is 0.244 e. The van der Waals surface area contributed by atoms with Crippen LogP contribution >= 0.6 is 11.8 Å². The summed E-state index contributed by atoms with van der Waals surface area (Å²) < 4.78 is 0. The molecule has 0 bridgehead atoms. The zero-order valence-corrected chi connectivity index (χ0v) is 12.8. The number of nitrogens with one attached hydrogen (secondary N) is 1. The Morgan fingerprint density at radius 3 is 2.61 bits per heavy atom. The number of hydrogen-bond acceptors (Lipinski definition) is 3. The molecule has 4 heteroatoms. The van der Waals surface area contributed by atoms with Crippen LogP contribution in [0.3, 0.4) is 0 Å². The van der Waals surface area contributed by atoms with E-state index < -0.39 is 0 Å². The van der Waals surface area contributed by atoms with Crippen LogP contribution in [0.2, 0.25) is 0 Å².